The van der Waals surface area contributed by atoms with E-state index in [1.54, 1.807) is 47.1 Å². The average Bonchev–Trinajstić information content (AvgIpc) is 3.41. The van der Waals surface area contributed by atoms with Crippen LogP contribution in [0.4, 0.5) is 5.69 Å². The summed E-state index contributed by atoms with van der Waals surface area (Å²) >= 11 is 0. The predicted octanol–water partition coefficient (Wildman–Crippen LogP) is 2.78. The molecule has 0 aliphatic rings. The molecule has 2 aromatic heterocycles. The van der Waals surface area contributed by atoms with E-state index >= 15 is 0 Å². The number of sulfonamides is 1. The van der Waals surface area contributed by atoms with Gasteiger partial charge >= 0.3 is 0 Å². The Balaban J connectivity index is 1.50. The van der Waals surface area contributed by atoms with E-state index < -0.39 is 10.0 Å². The highest BCUT2D eigenvalue weighted by molar-refractivity contribution is 7.89. The third kappa shape index (κ3) is 4.09. The van der Waals surface area contributed by atoms with E-state index in [4.69, 9.17) is 4.42 Å². The minimum Gasteiger partial charge on any atom is -0.468 e. The number of anilines is 1. The monoisotopic (exact) mass is 425 g/mol. The Hall–Kier alpha value is -3.50. The summed E-state index contributed by atoms with van der Waals surface area (Å²) in [6.45, 7) is 2.67. The highest BCUT2D eigenvalue weighted by Gasteiger charge is 2.16. The number of carbonyl (C=O) groups is 1. The van der Waals surface area contributed by atoms with E-state index in [0.29, 0.717) is 29.1 Å². The molecule has 4 rings (SSSR count). The minimum absolute atomic E-state index is 0.0321. The fraction of sp³-hybridized carbons (Fsp3) is 0.150. The van der Waals surface area contributed by atoms with Gasteiger partial charge in [-0.3, -0.25) is 4.79 Å². The minimum atomic E-state index is -3.77. The predicted molar refractivity (Wildman–Crippen MR) is 110 cm³/mol. The van der Waals surface area contributed by atoms with Gasteiger partial charge in [0.1, 0.15) is 11.3 Å². The summed E-state index contributed by atoms with van der Waals surface area (Å²) < 4.78 is 34.4. The van der Waals surface area contributed by atoms with Crippen molar-refractivity contribution < 1.29 is 17.6 Å². The van der Waals surface area contributed by atoms with Gasteiger partial charge in [0, 0.05) is 17.8 Å². The number of fused-ring (bicyclic) bond motifs is 1. The lowest BCUT2D eigenvalue weighted by molar-refractivity contribution is 0.102. The maximum atomic E-state index is 12.6. The molecule has 2 N–H and O–H groups in total. The van der Waals surface area contributed by atoms with Crippen molar-refractivity contribution in [3.05, 3.63) is 72.2 Å². The Labute approximate surface area is 172 Å². The van der Waals surface area contributed by atoms with E-state index in [-0.39, 0.29) is 17.3 Å². The lowest BCUT2D eigenvalue weighted by Gasteiger charge is -2.09. The largest absolute Gasteiger partial charge is 0.468 e. The van der Waals surface area contributed by atoms with E-state index in [1.807, 2.05) is 6.92 Å². The third-order valence-corrected chi connectivity index (χ3v) is 5.89. The van der Waals surface area contributed by atoms with Gasteiger partial charge in [0.05, 0.1) is 23.2 Å². The molecule has 0 saturated carbocycles. The molecule has 2 aromatic carbocycles. The molecular weight excluding hydrogens is 406 g/mol. The molecule has 0 fully saturated rings. The van der Waals surface area contributed by atoms with Gasteiger partial charge in [-0.25, -0.2) is 17.8 Å². The molecule has 4 aromatic rings. The summed E-state index contributed by atoms with van der Waals surface area (Å²) in [4.78, 5) is 12.7. The van der Waals surface area contributed by atoms with Crippen molar-refractivity contribution in [1.29, 1.82) is 0 Å². The number of nitrogens with one attached hydrogen (secondary N) is 2. The summed E-state index contributed by atoms with van der Waals surface area (Å²) in [5.74, 6) is 0.125. The number of nitrogens with zero attached hydrogens (tertiary/aromatic N) is 3. The number of aryl methyl sites for hydroxylation is 1. The molecule has 1 amide bonds. The van der Waals surface area contributed by atoms with Gasteiger partial charge in [-0.1, -0.05) is 11.3 Å². The Morgan fingerprint density at radius 1 is 1.13 bits per heavy atom. The second-order valence-corrected chi connectivity index (χ2v) is 8.26. The summed E-state index contributed by atoms with van der Waals surface area (Å²) in [7, 11) is -3.77. The number of benzene rings is 2. The number of hydrogen-bond donors (Lipinski definition) is 2. The van der Waals surface area contributed by atoms with Gasteiger partial charge in [-0.2, -0.15) is 0 Å². The van der Waals surface area contributed by atoms with E-state index in [1.165, 1.54) is 18.4 Å². The van der Waals surface area contributed by atoms with E-state index in [9.17, 15) is 13.2 Å². The first-order valence-electron chi connectivity index (χ1n) is 9.23. The van der Waals surface area contributed by atoms with Crippen LogP contribution in [0.1, 0.15) is 23.0 Å². The molecule has 0 spiro atoms. The van der Waals surface area contributed by atoms with Crippen LogP contribution in [0.5, 0.6) is 0 Å². The standard InChI is InChI=1S/C20H19N5O4S/c1-2-25-19-9-8-14(11-18(19)23-24-25)20(26)22-15-5-3-7-17(12-15)30(27,28)21-13-16-6-4-10-29-16/h3-12,21H,2,13H2,1H3,(H,22,26). The summed E-state index contributed by atoms with van der Waals surface area (Å²) in [5.41, 5.74) is 2.21. The van der Waals surface area contributed by atoms with Crippen molar-refractivity contribution in [2.45, 2.75) is 24.9 Å². The van der Waals surface area contributed by atoms with Crippen molar-refractivity contribution in [3.8, 4) is 0 Å². The third-order valence-electron chi connectivity index (χ3n) is 4.49. The van der Waals surface area contributed by atoms with Crippen molar-refractivity contribution in [3.63, 3.8) is 0 Å². The smallest absolute Gasteiger partial charge is 0.255 e. The average molecular weight is 425 g/mol. The first kappa shape index (κ1) is 19.8. The molecule has 0 bridgehead atoms. The van der Waals surface area contributed by atoms with Gasteiger partial charge in [0.25, 0.3) is 5.91 Å². The maximum absolute atomic E-state index is 12.6. The van der Waals surface area contributed by atoms with Gasteiger partial charge in [-0.05, 0) is 55.5 Å². The molecule has 10 heteroatoms. The van der Waals surface area contributed by atoms with Gasteiger partial charge in [0.2, 0.25) is 10.0 Å². The van der Waals surface area contributed by atoms with Crippen LogP contribution in [0, 0.1) is 0 Å². The number of hydrogen-bond acceptors (Lipinski definition) is 6. The first-order valence-corrected chi connectivity index (χ1v) is 10.7. The highest BCUT2D eigenvalue weighted by atomic mass is 32.2. The van der Waals surface area contributed by atoms with Gasteiger partial charge < -0.3 is 9.73 Å². The quantitative estimate of drug-likeness (QED) is 0.470. The Bertz CT molecular complexity index is 1300. The molecule has 0 radical (unpaired) electrons. The molecule has 0 aliphatic carbocycles. The lowest BCUT2D eigenvalue weighted by Crippen LogP contribution is -2.23. The Morgan fingerprint density at radius 3 is 2.77 bits per heavy atom. The molecule has 0 aliphatic heterocycles. The number of furan rings is 1. The van der Waals surface area contributed by atoms with E-state index in [2.05, 4.69) is 20.4 Å². The normalized spacial score (nSPS) is 11.6. The number of amides is 1. The van der Waals surface area contributed by atoms with Gasteiger partial charge in [0.15, 0.2) is 0 Å². The summed E-state index contributed by atoms with van der Waals surface area (Å²) in [6, 6.07) is 14.5. The SMILES string of the molecule is CCn1nnc2cc(C(=O)Nc3cccc(S(=O)(=O)NCc4ccco4)c3)ccc21. The lowest BCUT2D eigenvalue weighted by atomic mass is 10.2. The fourth-order valence-electron chi connectivity index (χ4n) is 2.95. The van der Waals surface area contributed by atoms with Crippen LogP contribution >= 0.6 is 0 Å². The van der Waals surface area contributed by atoms with Crippen molar-refractivity contribution in [1.82, 2.24) is 19.7 Å². The van der Waals surface area contributed by atoms with Crippen LogP contribution in [0.3, 0.4) is 0 Å². The van der Waals surface area contributed by atoms with Crippen molar-refractivity contribution in [2.75, 3.05) is 5.32 Å². The molecule has 2 heterocycles. The van der Waals surface area contributed by atoms with E-state index in [0.717, 1.165) is 5.52 Å². The number of rotatable bonds is 7. The van der Waals surface area contributed by atoms with Crippen LogP contribution in [0.15, 0.2) is 70.2 Å². The second-order valence-electron chi connectivity index (χ2n) is 6.49. The van der Waals surface area contributed by atoms with Crippen LogP contribution in [-0.2, 0) is 23.1 Å². The Kier molecular flexibility index (Phi) is 5.34. The number of carbonyl (C=O) groups excluding carboxylic acids is 1. The number of aromatic nitrogens is 3. The van der Waals surface area contributed by atoms with Crippen LogP contribution in [0.2, 0.25) is 0 Å². The topological polar surface area (TPSA) is 119 Å². The molecule has 154 valence electrons. The summed E-state index contributed by atoms with van der Waals surface area (Å²) in [6.07, 6.45) is 1.47. The molecule has 30 heavy (non-hydrogen) atoms. The molecule has 0 unspecified atom stereocenters. The first-order chi connectivity index (χ1) is 14.5. The fourth-order valence-corrected chi connectivity index (χ4v) is 3.99. The zero-order valence-corrected chi connectivity index (χ0v) is 16.9. The second kappa shape index (κ2) is 8.09. The van der Waals surface area contributed by atoms with Crippen LogP contribution in [-0.4, -0.2) is 29.3 Å². The molecular formula is C20H19N5O4S. The van der Waals surface area contributed by atoms with Crippen LogP contribution < -0.4 is 10.0 Å². The van der Waals surface area contributed by atoms with Gasteiger partial charge in [-0.15, -0.1) is 5.10 Å². The van der Waals surface area contributed by atoms with Crippen molar-refractivity contribution >= 4 is 32.7 Å². The molecule has 0 saturated heterocycles. The maximum Gasteiger partial charge on any atom is 0.255 e. The molecule has 0 atom stereocenters. The van der Waals surface area contributed by atoms with Crippen molar-refractivity contribution in [2.24, 2.45) is 0 Å². The Morgan fingerprint density at radius 2 is 2.00 bits per heavy atom. The molecule has 9 nitrogen and oxygen atoms in total. The van der Waals surface area contributed by atoms with Crippen LogP contribution in [0.25, 0.3) is 11.0 Å². The zero-order chi connectivity index (χ0) is 21.1. The highest BCUT2D eigenvalue weighted by Crippen LogP contribution is 2.18. The summed E-state index contributed by atoms with van der Waals surface area (Å²) in [5, 5.41) is 10.8. The zero-order valence-electron chi connectivity index (χ0n) is 16.1.